The van der Waals surface area contributed by atoms with Crippen LogP contribution in [0.25, 0.3) is 0 Å². The summed E-state index contributed by atoms with van der Waals surface area (Å²) in [4.78, 5) is 12.6. The molecule has 0 atom stereocenters. The van der Waals surface area contributed by atoms with E-state index in [0.29, 0.717) is 12.2 Å². The van der Waals surface area contributed by atoms with Crippen LogP contribution < -0.4 is 5.73 Å². The van der Waals surface area contributed by atoms with Crippen molar-refractivity contribution in [2.24, 2.45) is 11.1 Å². The van der Waals surface area contributed by atoms with E-state index in [1.165, 1.54) is 0 Å². The van der Waals surface area contributed by atoms with Crippen LogP contribution in [0.5, 0.6) is 0 Å². The minimum absolute atomic E-state index is 0.157. The number of aryl methyl sites for hydroxylation is 1. The van der Waals surface area contributed by atoms with Gasteiger partial charge in [0.1, 0.15) is 5.69 Å². The number of rotatable bonds is 5. The Morgan fingerprint density at radius 3 is 2.82 bits per heavy atom. The molecular weight excluding hydrogens is 282 g/mol. The molecule has 1 saturated carbocycles. The molecule has 0 unspecified atom stereocenters. The lowest BCUT2D eigenvalue weighted by Crippen LogP contribution is -2.45. The number of carbonyl (C=O) groups is 1. The van der Waals surface area contributed by atoms with Crippen molar-refractivity contribution in [3.05, 3.63) is 16.4 Å². The molecule has 17 heavy (non-hydrogen) atoms. The lowest BCUT2D eigenvalue weighted by atomic mass is 9.65. The van der Waals surface area contributed by atoms with Crippen LogP contribution in [0, 0.1) is 5.41 Å². The van der Waals surface area contributed by atoms with Gasteiger partial charge in [-0.05, 0) is 35.2 Å². The lowest BCUT2D eigenvalue weighted by molar-refractivity contribution is 0.0622. The van der Waals surface area contributed by atoms with Gasteiger partial charge in [-0.1, -0.05) is 13.3 Å². The molecule has 0 aliphatic heterocycles. The molecule has 0 amide bonds. The first kappa shape index (κ1) is 12.8. The topological polar surface area (TPSA) is 60.9 Å². The zero-order chi connectivity index (χ0) is 12.5. The van der Waals surface area contributed by atoms with E-state index in [4.69, 9.17) is 5.73 Å². The second-order valence-corrected chi connectivity index (χ2v) is 5.59. The molecule has 1 aromatic rings. The Labute approximate surface area is 110 Å². The predicted molar refractivity (Wildman–Crippen MR) is 69.9 cm³/mol. The van der Waals surface area contributed by atoms with E-state index in [0.717, 1.165) is 36.7 Å². The molecule has 0 radical (unpaired) electrons. The third kappa shape index (κ3) is 2.06. The minimum atomic E-state index is -0.325. The first-order valence-electron chi connectivity index (χ1n) is 6.11. The van der Waals surface area contributed by atoms with E-state index in [-0.39, 0.29) is 11.2 Å². The highest BCUT2D eigenvalue weighted by Gasteiger charge is 2.44. The van der Waals surface area contributed by atoms with Crippen molar-refractivity contribution in [1.82, 2.24) is 9.78 Å². The molecule has 5 heteroatoms. The van der Waals surface area contributed by atoms with Crippen molar-refractivity contribution >= 4 is 21.7 Å². The van der Waals surface area contributed by atoms with E-state index in [1.54, 1.807) is 10.9 Å². The molecule has 0 saturated heterocycles. The number of nitrogens with zero attached hydrogens (tertiary/aromatic N) is 2. The fourth-order valence-corrected chi connectivity index (χ4v) is 2.82. The van der Waals surface area contributed by atoms with Crippen LogP contribution in [0.2, 0.25) is 0 Å². The SMILES string of the molecule is CCCn1ncc(Br)c1C(=O)C1(CN)CCC1. The summed E-state index contributed by atoms with van der Waals surface area (Å²) in [6, 6.07) is 0. The highest BCUT2D eigenvalue weighted by molar-refractivity contribution is 9.10. The van der Waals surface area contributed by atoms with Crippen LogP contribution >= 0.6 is 15.9 Å². The van der Waals surface area contributed by atoms with E-state index in [2.05, 4.69) is 28.0 Å². The van der Waals surface area contributed by atoms with Gasteiger partial charge in [-0.15, -0.1) is 0 Å². The van der Waals surface area contributed by atoms with Gasteiger partial charge in [-0.25, -0.2) is 0 Å². The maximum Gasteiger partial charge on any atom is 0.189 e. The summed E-state index contributed by atoms with van der Waals surface area (Å²) in [5.74, 6) is 0.157. The zero-order valence-corrected chi connectivity index (χ0v) is 11.7. The van der Waals surface area contributed by atoms with Gasteiger partial charge in [0.25, 0.3) is 0 Å². The average Bonchev–Trinajstić information content (AvgIpc) is 2.59. The molecule has 1 aliphatic carbocycles. The number of hydrogen-bond donors (Lipinski definition) is 1. The molecule has 2 N–H and O–H groups in total. The monoisotopic (exact) mass is 299 g/mol. The van der Waals surface area contributed by atoms with Crippen molar-refractivity contribution in [3.8, 4) is 0 Å². The quantitative estimate of drug-likeness (QED) is 0.849. The van der Waals surface area contributed by atoms with Crippen molar-refractivity contribution < 1.29 is 4.79 Å². The molecule has 4 nitrogen and oxygen atoms in total. The second kappa shape index (κ2) is 4.90. The Morgan fingerprint density at radius 2 is 2.35 bits per heavy atom. The maximum atomic E-state index is 12.6. The van der Waals surface area contributed by atoms with E-state index in [1.807, 2.05) is 0 Å². The van der Waals surface area contributed by atoms with Crippen molar-refractivity contribution in [2.45, 2.75) is 39.2 Å². The molecule has 1 aliphatic rings. The number of carbonyl (C=O) groups excluding carboxylic acids is 1. The number of Topliss-reactive ketones (excluding diaryl/α,β-unsaturated/α-hetero) is 1. The maximum absolute atomic E-state index is 12.6. The zero-order valence-electron chi connectivity index (χ0n) is 10.1. The van der Waals surface area contributed by atoms with Gasteiger partial charge in [-0.2, -0.15) is 5.10 Å². The van der Waals surface area contributed by atoms with Gasteiger partial charge in [0.2, 0.25) is 0 Å². The molecule has 2 rings (SSSR count). The number of halogens is 1. The van der Waals surface area contributed by atoms with Crippen LogP contribution in [0.15, 0.2) is 10.7 Å². The van der Waals surface area contributed by atoms with Gasteiger partial charge >= 0.3 is 0 Å². The Kier molecular flexibility index (Phi) is 3.68. The lowest BCUT2D eigenvalue weighted by Gasteiger charge is -2.39. The molecular formula is C12H18BrN3O. The molecule has 1 heterocycles. The van der Waals surface area contributed by atoms with Crippen molar-refractivity contribution in [3.63, 3.8) is 0 Å². The summed E-state index contributed by atoms with van der Waals surface area (Å²) in [7, 11) is 0. The van der Waals surface area contributed by atoms with Crippen molar-refractivity contribution in [1.29, 1.82) is 0 Å². The van der Waals surface area contributed by atoms with Crippen LogP contribution in [0.1, 0.15) is 43.1 Å². The van der Waals surface area contributed by atoms with Crippen LogP contribution in [0.3, 0.4) is 0 Å². The highest BCUT2D eigenvalue weighted by Crippen LogP contribution is 2.43. The molecule has 0 spiro atoms. The largest absolute Gasteiger partial charge is 0.329 e. The minimum Gasteiger partial charge on any atom is -0.329 e. The summed E-state index contributed by atoms with van der Waals surface area (Å²) in [6.45, 7) is 3.29. The Bertz CT molecular complexity index is 418. The van der Waals surface area contributed by atoms with E-state index >= 15 is 0 Å². The Balaban J connectivity index is 2.32. The molecule has 1 fully saturated rings. The van der Waals surface area contributed by atoms with E-state index in [9.17, 15) is 4.79 Å². The third-order valence-electron chi connectivity index (χ3n) is 3.63. The average molecular weight is 300 g/mol. The van der Waals surface area contributed by atoms with Gasteiger partial charge in [-0.3, -0.25) is 9.48 Å². The summed E-state index contributed by atoms with van der Waals surface area (Å²) < 4.78 is 2.58. The second-order valence-electron chi connectivity index (χ2n) is 4.73. The first-order chi connectivity index (χ1) is 8.14. The molecule has 94 valence electrons. The van der Waals surface area contributed by atoms with Crippen LogP contribution in [-0.4, -0.2) is 22.1 Å². The summed E-state index contributed by atoms with van der Waals surface area (Å²) in [5.41, 5.74) is 6.15. The fourth-order valence-electron chi connectivity index (χ4n) is 2.35. The van der Waals surface area contributed by atoms with Gasteiger partial charge in [0, 0.05) is 18.5 Å². The van der Waals surface area contributed by atoms with Gasteiger partial charge in [0.05, 0.1) is 10.7 Å². The van der Waals surface area contributed by atoms with E-state index < -0.39 is 0 Å². The van der Waals surface area contributed by atoms with Gasteiger partial charge in [0.15, 0.2) is 5.78 Å². The van der Waals surface area contributed by atoms with Crippen LogP contribution in [-0.2, 0) is 6.54 Å². The Hall–Kier alpha value is -0.680. The number of nitrogens with two attached hydrogens (primary N) is 1. The standard InChI is InChI=1S/C12H18BrN3O/c1-2-6-16-10(9(13)7-15-16)11(17)12(8-14)4-3-5-12/h7H,2-6,8,14H2,1H3. The summed E-state index contributed by atoms with van der Waals surface area (Å²) >= 11 is 3.42. The summed E-state index contributed by atoms with van der Waals surface area (Å²) in [5, 5.41) is 4.24. The number of aromatic nitrogens is 2. The van der Waals surface area contributed by atoms with Crippen molar-refractivity contribution in [2.75, 3.05) is 6.54 Å². The molecule has 0 aromatic carbocycles. The Morgan fingerprint density at radius 1 is 1.65 bits per heavy atom. The number of ketones is 1. The third-order valence-corrected chi connectivity index (χ3v) is 4.21. The van der Waals surface area contributed by atoms with Gasteiger partial charge < -0.3 is 5.73 Å². The highest BCUT2D eigenvalue weighted by atomic mass is 79.9. The summed E-state index contributed by atoms with van der Waals surface area (Å²) in [6.07, 6.45) is 5.58. The number of hydrogen-bond acceptors (Lipinski definition) is 3. The van der Waals surface area contributed by atoms with Crippen LogP contribution in [0.4, 0.5) is 0 Å². The smallest absolute Gasteiger partial charge is 0.189 e. The predicted octanol–water partition coefficient (Wildman–Crippen LogP) is 2.37. The molecule has 0 bridgehead atoms. The fraction of sp³-hybridized carbons (Fsp3) is 0.667. The first-order valence-corrected chi connectivity index (χ1v) is 6.90. The molecule has 1 aromatic heterocycles. The normalized spacial score (nSPS) is 17.8.